The number of β-amino-alcohol motifs (C(OH)–C–C–N with tert-alkyl or cyclic N) is 1. The lowest BCUT2D eigenvalue weighted by Gasteiger charge is -2.24. The number of hydrogen-bond donors (Lipinski definition) is 2. The lowest BCUT2D eigenvalue weighted by Crippen LogP contribution is -2.39. The zero-order chi connectivity index (χ0) is 19.5. The molecule has 2 aliphatic rings. The van der Waals surface area contributed by atoms with Crippen LogP contribution in [0.1, 0.15) is 49.2 Å². The van der Waals surface area contributed by atoms with Gasteiger partial charge in [-0.05, 0) is 36.5 Å². The van der Waals surface area contributed by atoms with Crippen molar-refractivity contribution in [3.63, 3.8) is 0 Å². The molecule has 0 bridgehead atoms. The summed E-state index contributed by atoms with van der Waals surface area (Å²) in [6.45, 7) is 4.27. The van der Waals surface area contributed by atoms with Crippen molar-refractivity contribution in [2.24, 2.45) is 5.92 Å². The molecule has 1 aliphatic carbocycles. The average Bonchev–Trinajstić information content (AvgIpc) is 3.09. The van der Waals surface area contributed by atoms with Crippen molar-refractivity contribution in [2.75, 3.05) is 13.1 Å². The van der Waals surface area contributed by atoms with E-state index in [4.69, 9.17) is 4.42 Å². The predicted octanol–water partition coefficient (Wildman–Crippen LogP) is 3.09. The quantitative estimate of drug-likeness (QED) is 0.736. The topological polar surface area (TPSA) is 65.7 Å². The fraction of sp³-hybridized carbons (Fsp3) is 0.522. The van der Waals surface area contributed by atoms with Gasteiger partial charge in [-0.1, -0.05) is 37.3 Å². The number of carbonyl (C=O) groups is 1. The maximum Gasteiger partial charge on any atom is 0.220 e. The van der Waals surface area contributed by atoms with Gasteiger partial charge in [0.25, 0.3) is 0 Å². The van der Waals surface area contributed by atoms with Gasteiger partial charge in [-0.3, -0.25) is 9.69 Å². The van der Waals surface area contributed by atoms with Crippen LogP contribution >= 0.6 is 0 Å². The number of nitrogens with one attached hydrogen (secondary N) is 1. The number of benzene rings is 1. The van der Waals surface area contributed by atoms with Crippen LogP contribution in [0.2, 0.25) is 0 Å². The van der Waals surface area contributed by atoms with E-state index in [9.17, 15) is 9.90 Å². The molecule has 0 radical (unpaired) electrons. The molecule has 2 N–H and O–H groups in total. The molecule has 1 aromatic heterocycles. The molecule has 1 aliphatic heterocycles. The number of rotatable bonds is 8. The highest BCUT2D eigenvalue weighted by molar-refractivity contribution is 5.76. The van der Waals surface area contributed by atoms with Gasteiger partial charge in [0.1, 0.15) is 11.5 Å². The molecule has 5 nitrogen and oxygen atoms in total. The maximum atomic E-state index is 12.3. The lowest BCUT2D eigenvalue weighted by molar-refractivity contribution is -0.121. The third-order valence-electron chi connectivity index (χ3n) is 6.02. The van der Waals surface area contributed by atoms with Gasteiger partial charge in [-0.2, -0.15) is 0 Å². The Morgan fingerprint density at radius 2 is 2.00 bits per heavy atom. The van der Waals surface area contributed by atoms with Crippen molar-refractivity contribution in [1.29, 1.82) is 0 Å². The second-order valence-electron chi connectivity index (χ2n) is 8.39. The number of hydrogen-bond acceptors (Lipinski definition) is 4. The van der Waals surface area contributed by atoms with E-state index in [1.54, 1.807) is 0 Å². The summed E-state index contributed by atoms with van der Waals surface area (Å²) in [6, 6.07) is 14.5. The van der Waals surface area contributed by atoms with Crippen LogP contribution < -0.4 is 5.32 Å². The monoisotopic (exact) mass is 382 g/mol. The third-order valence-corrected chi connectivity index (χ3v) is 6.02. The normalized spacial score (nSPS) is 27.1. The summed E-state index contributed by atoms with van der Waals surface area (Å²) in [4.78, 5) is 14.6. The average molecular weight is 383 g/mol. The number of aryl methyl sites for hydroxylation is 1. The highest BCUT2D eigenvalue weighted by atomic mass is 16.3. The smallest absolute Gasteiger partial charge is 0.220 e. The first kappa shape index (κ1) is 19.2. The number of furan rings is 1. The van der Waals surface area contributed by atoms with E-state index in [0.29, 0.717) is 38.3 Å². The van der Waals surface area contributed by atoms with Crippen LogP contribution in [0.4, 0.5) is 0 Å². The lowest BCUT2D eigenvalue weighted by atomic mass is 10.1. The van der Waals surface area contributed by atoms with E-state index in [0.717, 1.165) is 24.0 Å². The van der Waals surface area contributed by atoms with Crippen LogP contribution in [-0.4, -0.2) is 41.1 Å². The van der Waals surface area contributed by atoms with Crippen LogP contribution in [0.5, 0.6) is 0 Å². The number of likely N-dealkylation sites (tertiary alicyclic amines) is 1. The molecule has 0 spiro atoms. The predicted molar refractivity (Wildman–Crippen MR) is 108 cm³/mol. The highest BCUT2D eigenvalue weighted by Gasteiger charge is 2.36. The Hall–Kier alpha value is -2.11. The first-order valence-corrected chi connectivity index (χ1v) is 10.4. The summed E-state index contributed by atoms with van der Waals surface area (Å²) in [7, 11) is 0. The van der Waals surface area contributed by atoms with Crippen molar-refractivity contribution >= 4 is 5.91 Å². The maximum absolute atomic E-state index is 12.3. The van der Waals surface area contributed by atoms with Crippen LogP contribution in [0.3, 0.4) is 0 Å². The van der Waals surface area contributed by atoms with Gasteiger partial charge >= 0.3 is 0 Å². The Kier molecular flexibility index (Phi) is 5.83. The zero-order valence-corrected chi connectivity index (χ0v) is 16.5. The first-order chi connectivity index (χ1) is 13.6. The van der Waals surface area contributed by atoms with E-state index in [1.807, 2.05) is 24.3 Å². The number of carbonyl (C=O) groups excluding carboxylic acids is 1. The molecule has 1 amide bonds. The first-order valence-electron chi connectivity index (χ1n) is 10.4. The van der Waals surface area contributed by atoms with Crippen molar-refractivity contribution < 1.29 is 14.3 Å². The fourth-order valence-corrected chi connectivity index (χ4v) is 4.18. The second-order valence-corrected chi connectivity index (χ2v) is 8.39. The minimum absolute atomic E-state index is 0.0405. The van der Waals surface area contributed by atoms with E-state index in [2.05, 4.69) is 35.3 Å². The van der Waals surface area contributed by atoms with Crippen molar-refractivity contribution in [2.45, 2.75) is 57.2 Å². The van der Waals surface area contributed by atoms with Gasteiger partial charge < -0.3 is 14.8 Å². The Balaban J connectivity index is 1.22. The molecule has 4 atom stereocenters. The number of amides is 1. The molecule has 2 heterocycles. The molecule has 2 fully saturated rings. The Labute approximate surface area is 166 Å². The summed E-state index contributed by atoms with van der Waals surface area (Å²) in [6.07, 6.45) is 2.65. The molecule has 0 unspecified atom stereocenters. The molecule has 150 valence electrons. The van der Waals surface area contributed by atoms with Crippen LogP contribution in [0.25, 0.3) is 0 Å². The summed E-state index contributed by atoms with van der Waals surface area (Å²) in [5.41, 5.74) is 1.23. The highest BCUT2D eigenvalue weighted by Crippen LogP contribution is 2.47. The largest absolute Gasteiger partial charge is 0.466 e. The third kappa shape index (κ3) is 4.83. The summed E-state index contributed by atoms with van der Waals surface area (Å²) in [5, 5.41) is 13.1. The number of aliphatic hydroxyl groups is 1. The van der Waals surface area contributed by atoms with Crippen LogP contribution in [-0.2, 0) is 17.8 Å². The van der Waals surface area contributed by atoms with Crippen LogP contribution in [0, 0.1) is 5.92 Å². The minimum Gasteiger partial charge on any atom is -0.466 e. The van der Waals surface area contributed by atoms with Crippen molar-refractivity contribution in [3.8, 4) is 0 Å². The molecule has 2 aromatic rings. The van der Waals surface area contributed by atoms with Gasteiger partial charge in [0, 0.05) is 44.4 Å². The zero-order valence-electron chi connectivity index (χ0n) is 16.5. The Bertz CT molecular complexity index is 788. The fourth-order valence-electron chi connectivity index (χ4n) is 4.18. The molecule has 1 saturated heterocycles. The second kappa shape index (κ2) is 8.50. The molecular weight excluding hydrogens is 352 g/mol. The van der Waals surface area contributed by atoms with E-state index >= 15 is 0 Å². The summed E-state index contributed by atoms with van der Waals surface area (Å²) < 4.78 is 5.88. The van der Waals surface area contributed by atoms with E-state index < -0.39 is 0 Å². The number of nitrogens with zero attached hydrogens (tertiary/aromatic N) is 1. The van der Waals surface area contributed by atoms with Gasteiger partial charge in [-0.15, -0.1) is 0 Å². The van der Waals surface area contributed by atoms with Gasteiger partial charge in [0.05, 0.1) is 6.10 Å². The van der Waals surface area contributed by atoms with Crippen molar-refractivity contribution in [1.82, 2.24) is 10.2 Å². The minimum atomic E-state index is -0.322. The summed E-state index contributed by atoms with van der Waals surface area (Å²) in [5.74, 6) is 3.30. The van der Waals surface area contributed by atoms with E-state index in [1.165, 1.54) is 12.0 Å². The van der Waals surface area contributed by atoms with E-state index in [-0.39, 0.29) is 18.1 Å². The number of aliphatic hydroxyl groups excluding tert-OH is 1. The molecule has 28 heavy (non-hydrogen) atoms. The van der Waals surface area contributed by atoms with Gasteiger partial charge in [0.2, 0.25) is 5.91 Å². The Morgan fingerprint density at radius 1 is 1.21 bits per heavy atom. The van der Waals surface area contributed by atoms with Gasteiger partial charge in [-0.25, -0.2) is 0 Å². The molecule has 1 aromatic carbocycles. The summed E-state index contributed by atoms with van der Waals surface area (Å²) >= 11 is 0. The standard InChI is InChI=1S/C23H30N2O3/c1-16-11-21(16)22-9-7-20(28-22)8-10-23(27)24-13-18-12-19(26)15-25(18)14-17-5-3-2-4-6-17/h2-7,9,16,18-19,21,26H,8,10-15H2,1H3,(H,24,27)/t16-,18-,19-,21+/m1/s1. The molecule has 1 saturated carbocycles. The van der Waals surface area contributed by atoms with Gasteiger partial charge in [0.15, 0.2) is 0 Å². The van der Waals surface area contributed by atoms with Crippen LogP contribution in [0.15, 0.2) is 46.9 Å². The van der Waals surface area contributed by atoms with Crippen molar-refractivity contribution in [3.05, 3.63) is 59.5 Å². The molecule has 4 rings (SSSR count). The SMILES string of the molecule is C[C@@H]1C[C@@H]1c1ccc(CCC(=O)NC[C@H]2C[C@@H](O)CN2Cc2ccccc2)o1. The molecule has 5 heteroatoms. The molecular formula is C23H30N2O3. The Morgan fingerprint density at radius 3 is 2.75 bits per heavy atom.